The lowest BCUT2D eigenvalue weighted by Gasteiger charge is -2.13. The van der Waals surface area contributed by atoms with Gasteiger partial charge in [-0.15, -0.1) is 17.5 Å². The number of hydrogen-bond donors (Lipinski definition) is 3. The van der Waals surface area contributed by atoms with E-state index in [0.29, 0.717) is 12.2 Å². The van der Waals surface area contributed by atoms with Crippen LogP contribution >= 0.6 is 12.4 Å². The Morgan fingerprint density at radius 2 is 2.12 bits per heavy atom. The SMILES string of the molecule is Cl.Nc1nonc1-n1nnc(CN2CCCC2)c1C(=O)N/N=C/c1cc([N+](=O)[O-])ccc1O. The molecule has 1 aliphatic heterocycles. The fourth-order valence-electron chi connectivity index (χ4n) is 3.26. The van der Waals surface area contributed by atoms with E-state index in [1.807, 2.05) is 0 Å². The van der Waals surface area contributed by atoms with Gasteiger partial charge >= 0.3 is 0 Å². The zero-order chi connectivity index (χ0) is 22.7. The summed E-state index contributed by atoms with van der Waals surface area (Å²) in [7, 11) is 0. The van der Waals surface area contributed by atoms with Crippen LogP contribution in [0.4, 0.5) is 11.5 Å². The molecule has 0 bridgehead atoms. The second-order valence-corrected chi connectivity index (χ2v) is 6.95. The van der Waals surface area contributed by atoms with Crippen molar-refractivity contribution in [3.8, 4) is 11.6 Å². The van der Waals surface area contributed by atoms with Crippen LogP contribution in [0.15, 0.2) is 27.9 Å². The highest BCUT2D eigenvalue weighted by molar-refractivity contribution is 5.95. The van der Waals surface area contributed by atoms with Crippen LogP contribution in [0.2, 0.25) is 0 Å². The Kier molecular flexibility index (Phi) is 7.14. The molecule has 16 heteroatoms. The number of nitro groups is 1. The fourth-order valence-corrected chi connectivity index (χ4v) is 3.26. The number of nitrogens with one attached hydrogen (secondary N) is 1. The molecule has 1 aromatic carbocycles. The first-order valence-electron chi connectivity index (χ1n) is 9.50. The third kappa shape index (κ3) is 5.04. The number of hydrogen-bond acceptors (Lipinski definition) is 12. The van der Waals surface area contributed by atoms with Crippen LogP contribution in [0, 0.1) is 10.1 Å². The molecule has 1 aliphatic rings. The Morgan fingerprint density at radius 1 is 1.36 bits per heavy atom. The molecule has 2 aromatic heterocycles. The van der Waals surface area contributed by atoms with Crippen molar-refractivity contribution < 1.29 is 19.5 Å². The van der Waals surface area contributed by atoms with Crippen molar-refractivity contribution in [2.24, 2.45) is 5.10 Å². The molecule has 3 heterocycles. The van der Waals surface area contributed by atoms with Crippen molar-refractivity contribution in [2.45, 2.75) is 19.4 Å². The van der Waals surface area contributed by atoms with E-state index < -0.39 is 10.8 Å². The maximum absolute atomic E-state index is 12.9. The van der Waals surface area contributed by atoms with Gasteiger partial charge in [-0.25, -0.2) is 10.1 Å². The molecule has 4 N–H and O–H groups in total. The third-order valence-corrected chi connectivity index (χ3v) is 4.82. The molecule has 174 valence electrons. The van der Waals surface area contributed by atoms with E-state index in [1.165, 1.54) is 0 Å². The standard InChI is InChI=1S/C17H18N10O5.ClH/c18-15-16(23-32-22-15)26-14(12(20-24-26)9-25-5-1-2-6-25)17(29)21-19-8-10-7-11(27(30)31)3-4-13(10)28;/h3-4,7-8,28H,1-2,5-6,9H2,(H2,18,22)(H,21,29);1H/b19-8+;. The number of anilines is 1. The number of benzene rings is 1. The molecule has 33 heavy (non-hydrogen) atoms. The predicted molar refractivity (Wildman–Crippen MR) is 115 cm³/mol. The number of non-ortho nitro benzene ring substituents is 1. The first-order valence-corrected chi connectivity index (χ1v) is 9.50. The first kappa shape index (κ1) is 23.6. The number of phenols is 1. The number of carbonyl (C=O) groups excluding carboxylic acids is 1. The van der Waals surface area contributed by atoms with E-state index in [4.69, 9.17) is 5.73 Å². The number of amides is 1. The molecule has 0 spiro atoms. The number of halogens is 1. The van der Waals surface area contributed by atoms with Crippen LogP contribution < -0.4 is 11.2 Å². The molecule has 4 rings (SSSR count). The Balaban J connectivity index is 0.00000306. The Hall–Kier alpha value is -4.11. The van der Waals surface area contributed by atoms with Gasteiger partial charge in [-0.3, -0.25) is 19.8 Å². The number of hydrazone groups is 1. The van der Waals surface area contributed by atoms with Crippen molar-refractivity contribution >= 4 is 36.0 Å². The Morgan fingerprint density at radius 3 is 2.79 bits per heavy atom. The van der Waals surface area contributed by atoms with Crippen LogP contribution in [-0.2, 0) is 6.54 Å². The number of aromatic nitrogens is 5. The molecule has 0 aliphatic carbocycles. The van der Waals surface area contributed by atoms with Crippen LogP contribution in [0.3, 0.4) is 0 Å². The van der Waals surface area contributed by atoms with Crippen LogP contribution in [0.1, 0.15) is 34.6 Å². The smallest absolute Gasteiger partial charge is 0.292 e. The van der Waals surface area contributed by atoms with Gasteiger partial charge in [-0.1, -0.05) is 5.21 Å². The second-order valence-electron chi connectivity index (χ2n) is 6.95. The number of nitrogen functional groups attached to an aromatic ring is 1. The first-order chi connectivity index (χ1) is 15.4. The highest BCUT2D eigenvalue weighted by Crippen LogP contribution is 2.22. The maximum Gasteiger partial charge on any atom is 0.292 e. The zero-order valence-electron chi connectivity index (χ0n) is 17.0. The van der Waals surface area contributed by atoms with E-state index in [2.05, 4.69) is 40.7 Å². The van der Waals surface area contributed by atoms with Gasteiger partial charge in [-0.2, -0.15) is 9.78 Å². The largest absolute Gasteiger partial charge is 0.507 e. The van der Waals surface area contributed by atoms with Crippen molar-refractivity contribution in [1.29, 1.82) is 0 Å². The number of rotatable bonds is 7. The van der Waals surface area contributed by atoms with E-state index in [9.17, 15) is 20.0 Å². The summed E-state index contributed by atoms with van der Waals surface area (Å²) < 4.78 is 5.70. The van der Waals surface area contributed by atoms with E-state index in [1.54, 1.807) is 0 Å². The van der Waals surface area contributed by atoms with Gasteiger partial charge in [0.1, 0.15) is 11.4 Å². The highest BCUT2D eigenvalue weighted by atomic mass is 35.5. The van der Waals surface area contributed by atoms with E-state index in [-0.39, 0.29) is 46.7 Å². The minimum atomic E-state index is -0.687. The number of phenolic OH excluding ortho intramolecular Hbond substituents is 1. The number of carbonyl (C=O) groups is 1. The van der Waals surface area contributed by atoms with Gasteiger partial charge in [-0.05, 0) is 42.3 Å². The van der Waals surface area contributed by atoms with Crippen molar-refractivity contribution in [3.05, 3.63) is 45.3 Å². The normalized spacial score (nSPS) is 13.8. The van der Waals surface area contributed by atoms with E-state index in [0.717, 1.165) is 55.0 Å². The molecular weight excluding hydrogens is 460 g/mol. The molecule has 0 saturated carbocycles. The zero-order valence-corrected chi connectivity index (χ0v) is 17.8. The number of aromatic hydroxyl groups is 1. The average molecular weight is 479 g/mol. The maximum atomic E-state index is 12.9. The van der Waals surface area contributed by atoms with Crippen molar-refractivity contribution in [2.75, 3.05) is 18.8 Å². The summed E-state index contributed by atoms with van der Waals surface area (Å²) in [4.78, 5) is 25.4. The molecule has 3 aromatic rings. The van der Waals surface area contributed by atoms with Gasteiger partial charge in [0.25, 0.3) is 11.6 Å². The highest BCUT2D eigenvalue weighted by Gasteiger charge is 2.26. The summed E-state index contributed by atoms with van der Waals surface area (Å²) >= 11 is 0. The number of nitro benzene ring substituents is 1. The predicted octanol–water partition coefficient (Wildman–Crippen LogP) is 0.628. The van der Waals surface area contributed by atoms with Crippen molar-refractivity contribution in [1.82, 2.24) is 35.6 Å². The quantitative estimate of drug-likeness (QED) is 0.244. The minimum absolute atomic E-state index is 0. The summed E-state index contributed by atoms with van der Waals surface area (Å²) in [5.74, 6) is -1.01. The summed E-state index contributed by atoms with van der Waals surface area (Å²) in [6.45, 7) is 2.11. The lowest BCUT2D eigenvalue weighted by molar-refractivity contribution is -0.384. The van der Waals surface area contributed by atoms with Crippen LogP contribution in [-0.4, -0.2) is 65.4 Å². The molecule has 1 saturated heterocycles. The number of nitrogens with two attached hydrogens (primary N) is 1. The van der Waals surface area contributed by atoms with Crippen LogP contribution in [0.5, 0.6) is 5.75 Å². The Bertz CT molecular complexity index is 1190. The Labute approximate surface area is 191 Å². The summed E-state index contributed by atoms with van der Waals surface area (Å²) in [6, 6.07) is 3.43. The molecule has 15 nitrogen and oxygen atoms in total. The van der Waals surface area contributed by atoms with Gasteiger partial charge in [0.15, 0.2) is 5.69 Å². The molecule has 0 atom stereocenters. The molecular formula is C17H19ClN10O5. The fraction of sp³-hybridized carbons (Fsp3) is 0.294. The van der Waals surface area contributed by atoms with Gasteiger partial charge < -0.3 is 10.8 Å². The van der Waals surface area contributed by atoms with Gasteiger partial charge in [0.2, 0.25) is 11.6 Å². The molecule has 1 amide bonds. The monoisotopic (exact) mass is 478 g/mol. The topological polar surface area (TPSA) is 204 Å². The third-order valence-electron chi connectivity index (χ3n) is 4.82. The summed E-state index contributed by atoms with van der Waals surface area (Å²) in [5, 5.41) is 39.8. The van der Waals surface area contributed by atoms with Crippen LogP contribution in [0.25, 0.3) is 5.82 Å². The molecule has 0 unspecified atom stereocenters. The number of likely N-dealkylation sites (tertiary alicyclic amines) is 1. The van der Waals surface area contributed by atoms with Crippen molar-refractivity contribution in [3.63, 3.8) is 0 Å². The average Bonchev–Trinajstić information content (AvgIpc) is 3.51. The minimum Gasteiger partial charge on any atom is -0.507 e. The molecule has 1 fully saturated rings. The molecule has 0 radical (unpaired) electrons. The summed E-state index contributed by atoms with van der Waals surface area (Å²) in [5.41, 5.74) is 8.26. The van der Waals surface area contributed by atoms with E-state index >= 15 is 0 Å². The van der Waals surface area contributed by atoms with Gasteiger partial charge in [0, 0.05) is 24.2 Å². The number of nitrogens with zero attached hydrogens (tertiary/aromatic N) is 8. The second kappa shape index (κ2) is 10.0. The summed E-state index contributed by atoms with van der Waals surface area (Å²) in [6.07, 6.45) is 3.18. The van der Waals surface area contributed by atoms with Gasteiger partial charge in [0.05, 0.1) is 11.1 Å². The lowest BCUT2D eigenvalue weighted by Crippen LogP contribution is -2.26. The lowest BCUT2D eigenvalue weighted by atomic mass is 10.2.